The van der Waals surface area contributed by atoms with Crippen LogP contribution in [0.4, 0.5) is 5.69 Å². The quantitative estimate of drug-likeness (QED) is 0.747. The highest BCUT2D eigenvalue weighted by Crippen LogP contribution is 2.20. The number of hydrogen-bond acceptors (Lipinski definition) is 4. The Kier molecular flexibility index (Phi) is 4.33. The Hall–Kier alpha value is -3.08. The van der Waals surface area contributed by atoms with Crippen LogP contribution in [0.2, 0.25) is 0 Å². The van der Waals surface area contributed by atoms with Gasteiger partial charge in [-0.1, -0.05) is 12.1 Å². The molecule has 1 heterocycles. The first-order valence-electron chi connectivity index (χ1n) is 7.55. The van der Waals surface area contributed by atoms with Crippen LogP contribution < -0.4 is 15.7 Å². The summed E-state index contributed by atoms with van der Waals surface area (Å²) in [6.07, 6.45) is 0. The maximum atomic E-state index is 12.1. The van der Waals surface area contributed by atoms with E-state index in [1.807, 2.05) is 32.0 Å². The van der Waals surface area contributed by atoms with Crippen molar-refractivity contribution in [2.24, 2.45) is 0 Å². The maximum absolute atomic E-state index is 12.1. The first kappa shape index (κ1) is 15.8. The number of hydrogen-bond donors (Lipinski definition) is 1. The smallest absolute Gasteiger partial charge is 0.336 e. The van der Waals surface area contributed by atoms with Crippen molar-refractivity contribution in [3.05, 3.63) is 70.1 Å². The van der Waals surface area contributed by atoms with E-state index < -0.39 is 5.63 Å². The lowest BCUT2D eigenvalue weighted by Crippen LogP contribution is -2.20. The number of benzene rings is 2. The van der Waals surface area contributed by atoms with Gasteiger partial charge >= 0.3 is 5.63 Å². The molecule has 0 atom stereocenters. The predicted molar refractivity (Wildman–Crippen MR) is 92.5 cm³/mol. The van der Waals surface area contributed by atoms with Gasteiger partial charge in [-0.15, -0.1) is 0 Å². The molecule has 0 saturated heterocycles. The third kappa shape index (κ3) is 3.63. The SMILES string of the molecule is Cc1ccc(C)c(NC(=O)COc2ccc3ccc(=O)oc3c2)c1. The summed E-state index contributed by atoms with van der Waals surface area (Å²) in [5.41, 5.74) is 2.83. The van der Waals surface area contributed by atoms with E-state index >= 15 is 0 Å². The fourth-order valence-electron chi connectivity index (χ4n) is 2.34. The lowest BCUT2D eigenvalue weighted by Gasteiger charge is -2.10. The second-order valence-corrected chi connectivity index (χ2v) is 5.61. The number of nitrogens with one attached hydrogen (secondary N) is 1. The summed E-state index contributed by atoms with van der Waals surface area (Å²) in [6, 6.07) is 14.0. The molecule has 0 bridgehead atoms. The van der Waals surface area contributed by atoms with E-state index in [1.54, 1.807) is 24.3 Å². The van der Waals surface area contributed by atoms with Gasteiger partial charge in [-0.3, -0.25) is 4.79 Å². The molecule has 0 fully saturated rings. The molecule has 0 aliphatic carbocycles. The van der Waals surface area contributed by atoms with Crippen LogP contribution in [0.3, 0.4) is 0 Å². The number of anilines is 1. The molecule has 1 amide bonds. The van der Waals surface area contributed by atoms with E-state index in [0.29, 0.717) is 11.3 Å². The highest BCUT2D eigenvalue weighted by Gasteiger charge is 2.07. The number of fused-ring (bicyclic) bond motifs is 1. The first-order valence-corrected chi connectivity index (χ1v) is 7.55. The minimum Gasteiger partial charge on any atom is -0.484 e. The lowest BCUT2D eigenvalue weighted by atomic mass is 10.1. The molecule has 3 rings (SSSR count). The fraction of sp³-hybridized carbons (Fsp3) is 0.158. The minimum atomic E-state index is -0.424. The molecule has 5 nitrogen and oxygen atoms in total. The average molecular weight is 323 g/mol. The standard InChI is InChI=1S/C19H17NO4/c1-12-3-4-13(2)16(9-12)20-18(21)11-23-15-7-5-14-6-8-19(22)24-17(14)10-15/h3-10H,11H2,1-2H3,(H,20,21). The molecule has 5 heteroatoms. The second kappa shape index (κ2) is 6.58. The van der Waals surface area contributed by atoms with Crippen molar-refractivity contribution in [1.82, 2.24) is 0 Å². The molecule has 24 heavy (non-hydrogen) atoms. The molecule has 0 aliphatic heterocycles. The van der Waals surface area contributed by atoms with Crippen molar-refractivity contribution in [3.8, 4) is 5.75 Å². The zero-order chi connectivity index (χ0) is 17.1. The van der Waals surface area contributed by atoms with E-state index in [0.717, 1.165) is 22.2 Å². The Bertz CT molecular complexity index is 959. The Labute approximate surface area is 138 Å². The molecular formula is C19H17NO4. The third-order valence-corrected chi connectivity index (χ3v) is 3.63. The number of amides is 1. The van der Waals surface area contributed by atoms with Gasteiger partial charge in [0.05, 0.1) is 0 Å². The Balaban J connectivity index is 1.67. The highest BCUT2D eigenvalue weighted by molar-refractivity contribution is 5.92. The number of carbonyl (C=O) groups is 1. The van der Waals surface area contributed by atoms with E-state index in [4.69, 9.17) is 9.15 Å². The first-order chi connectivity index (χ1) is 11.5. The van der Waals surface area contributed by atoms with E-state index in [9.17, 15) is 9.59 Å². The molecule has 0 spiro atoms. The summed E-state index contributed by atoms with van der Waals surface area (Å²) in [7, 11) is 0. The van der Waals surface area contributed by atoms with Crippen LogP contribution in [0.15, 0.2) is 57.7 Å². The molecule has 122 valence electrons. The topological polar surface area (TPSA) is 68.5 Å². The third-order valence-electron chi connectivity index (χ3n) is 3.63. The zero-order valence-corrected chi connectivity index (χ0v) is 13.5. The molecule has 0 radical (unpaired) electrons. The van der Waals surface area contributed by atoms with Crippen molar-refractivity contribution in [2.45, 2.75) is 13.8 Å². The molecule has 3 aromatic rings. The predicted octanol–water partition coefficient (Wildman–Crippen LogP) is 3.43. The fourth-order valence-corrected chi connectivity index (χ4v) is 2.34. The van der Waals surface area contributed by atoms with Gasteiger partial charge < -0.3 is 14.5 Å². The highest BCUT2D eigenvalue weighted by atomic mass is 16.5. The zero-order valence-electron chi connectivity index (χ0n) is 13.5. The summed E-state index contributed by atoms with van der Waals surface area (Å²) < 4.78 is 10.6. The van der Waals surface area contributed by atoms with Crippen LogP contribution in [-0.4, -0.2) is 12.5 Å². The van der Waals surface area contributed by atoms with Crippen LogP contribution in [0.1, 0.15) is 11.1 Å². The largest absolute Gasteiger partial charge is 0.484 e. The van der Waals surface area contributed by atoms with Crippen molar-refractivity contribution in [2.75, 3.05) is 11.9 Å². The van der Waals surface area contributed by atoms with Crippen molar-refractivity contribution in [1.29, 1.82) is 0 Å². The van der Waals surface area contributed by atoms with Gasteiger partial charge in [-0.25, -0.2) is 4.79 Å². The summed E-state index contributed by atoms with van der Waals surface area (Å²) in [5, 5.41) is 3.62. The monoisotopic (exact) mass is 323 g/mol. The molecule has 0 unspecified atom stereocenters. The van der Waals surface area contributed by atoms with Gasteiger partial charge in [0.15, 0.2) is 6.61 Å². The van der Waals surface area contributed by atoms with Gasteiger partial charge in [0.25, 0.3) is 5.91 Å². The Morgan fingerprint density at radius 3 is 2.71 bits per heavy atom. The van der Waals surface area contributed by atoms with Crippen LogP contribution in [0, 0.1) is 13.8 Å². The van der Waals surface area contributed by atoms with Gasteiger partial charge in [0.2, 0.25) is 0 Å². The summed E-state index contributed by atoms with van der Waals surface area (Å²) >= 11 is 0. The van der Waals surface area contributed by atoms with Crippen LogP contribution in [0.25, 0.3) is 11.0 Å². The molecule has 1 N–H and O–H groups in total. The molecule has 2 aromatic carbocycles. The van der Waals surface area contributed by atoms with Gasteiger partial charge in [-0.2, -0.15) is 0 Å². The summed E-state index contributed by atoms with van der Waals surface area (Å²) in [5.74, 6) is 0.214. The van der Waals surface area contributed by atoms with E-state index in [-0.39, 0.29) is 12.5 Å². The normalized spacial score (nSPS) is 10.6. The van der Waals surface area contributed by atoms with Crippen LogP contribution >= 0.6 is 0 Å². The molecule has 1 aromatic heterocycles. The number of rotatable bonds is 4. The lowest BCUT2D eigenvalue weighted by molar-refractivity contribution is -0.118. The van der Waals surface area contributed by atoms with Gasteiger partial charge in [-0.05, 0) is 49.2 Å². The summed E-state index contributed by atoms with van der Waals surface area (Å²) in [6.45, 7) is 3.77. The van der Waals surface area contributed by atoms with E-state index in [2.05, 4.69) is 5.32 Å². The van der Waals surface area contributed by atoms with Crippen LogP contribution in [0.5, 0.6) is 5.75 Å². The van der Waals surface area contributed by atoms with Crippen molar-refractivity contribution in [3.63, 3.8) is 0 Å². The molecule has 0 aliphatic rings. The van der Waals surface area contributed by atoms with Crippen LogP contribution in [-0.2, 0) is 4.79 Å². The summed E-state index contributed by atoms with van der Waals surface area (Å²) in [4.78, 5) is 23.3. The minimum absolute atomic E-state index is 0.129. The van der Waals surface area contributed by atoms with Crippen molar-refractivity contribution < 1.29 is 13.9 Å². The maximum Gasteiger partial charge on any atom is 0.336 e. The van der Waals surface area contributed by atoms with Gasteiger partial charge in [0, 0.05) is 23.2 Å². The average Bonchev–Trinajstić information content (AvgIpc) is 2.56. The number of carbonyl (C=O) groups excluding carboxylic acids is 1. The molecular weight excluding hydrogens is 306 g/mol. The number of aryl methyl sites for hydroxylation is 2. The second-order valence-electron chi connectivity index (χ2n) is 5.61. The molecule has 0 saturated carbocycles. The number of ether oxygens (including phenoxy) is 1. The van der Waals surface area contributed by atoms with Gasteiger partial charge in [0.1, 0.15) is 11.3 Å². The van der Waals surface area contributed by atoms with E-state index in [1.165, 1.54) is 6.07 Å². The van der Waals surface area contributed by atoms with Crippen molar-refractivity contribution >= 4 is 22.6 Å². The Morgan fingerprint density at radius 1 is 1.08 bits per heavy atom. The Morgan fingerprint density at radius 2 is 1.88 bits per heavy atom.